The van der Waals surface area contributed by atoms with Gasteiger partial charge in [-0.15, -0.1) is 0 Å². The number of halogens is 1. The molecule has 0 atom stereocenters. The maximum atomic E-state index is 13.1. The third-order valence-electron chi connectivity index (χ3n) is 4.42. The number of hydrogen-bond donors (Lipinski definition) is 1. The Labute approximate surface area is 171 Å². The van der Waals surface area contributed by atoms with Gasteiger partial charge in [0.05, 0.1) is 19.1 Å². The number of carbonyl (C=O) groups excluding carboxylic acids is 1. The van der Waals surface area contributed by atoms with Crippen molar-refractivity contribution in [2.75, 3.05) is 30.8 Å². The van der Waals surface area contributed by atoms with Crippen LogP contribution in [0.15, 0.2) is 48.5 Å². The highest BCUT2D eigenvalue weighted by Gasteiger charge is 2.17. The van der Waals surface area contributed by atoms with Crippen molar-refractivity contribution < 1.29 is 22.3 Å². The largest absolute Gasteiger partial charge is 0.496 e. The van der Waals surface area contributed by atoms with Gasteiger partial charge in [-0.05, 0) is 55.2 Å². The molecule has 2 rings (SSSR count). The third kappa shape index (κ3) is 7.38. The summed E-state index contributed by atoms with van der Waals surface area (Å²) >= 11 is 0. The number of amides is 1. The van der Waals surface area contributed by atoms with E-state index in [0.717, 1.165) is 30.4 Å². The predicted octanol–water partition coefficient (Wildman–Crippen LogP) is 3.13. The van der Waals surface area contributed by atoms with E-state index in [9.17, 15) is 17.6 Å². The number of benzene rings is 2. The second kappa shape index (κ2) is 10.8. The fourth-order valence-electron chi connectivity index (χ4n) is 2.98. The molecular formula is C21H27FN2O4S. The average molecular weight is 423 g/mol. The van der Waals surface area contributed by atoms with Crippen molar-refractivity contribution in [3.8, 4) is 5.75 Å². The Morgan fingerprint density at radius 2 is 1.79 bits per heavy atom. The van der Waals surface area contributed by atoms with Crippen molar-refractivity contribution in [1.82, 2.24) is 5.32 Å². The van der Waals surface area contributed by atoms with Crippen molar-refractivity contribution in [2.45, 2.75) is 25.7 Å². The number of anilines is 1. The highest BCUT2D eigenvalue weighted by molar-refractivity contribution is 7.92. The van der Waals surface area contributed by atoms with Crippen LogP contribution < -0.4 is 14.4 Å². The lowest BCUT2D eigenvalue weighted by Crippen LogP contribution is -2.32. The van der Waals surface area contributed by atoms with Gasteiger partial charge in [-0.1, -0.05) is 18.2 Å². The van der Waals surface area contributed by atoms with E-state index in [1.807, 2.05) is 24.3 Å². The van der Waals surface area contributed by atoms with Crippen LogP contribution in [0.5, 0.6) is 5.75 Å². The first-order chi connectivity index (χ1) is 13.8. The van der Waals surface area contributed by atoms with Crippen LogP contribution >= 0.6 is 0 Å². The van der Waals surface area contributed by atoms with Gasteiger partial charge in [0, 0.05) is 19.5 Å². The standard InChI is InChI=1S/C21H27FN2O4S/c1-28-20-9-4-3-7-17(20)8-5-15-23-21(25)10-6-16-24(29(2,26)27)19-13-11-18(22)12-14-19/h3-4,7,9,11-14H,5-6,8,10,15-16H2,1-2H3,(H,23,25). The molecule has 0 aliphatic rings. The first-order valence-corrected chi connectivity index (χ1v) is 11.3. The first kappa shape index (κ1) is 22.7. The van der Waals surface area contributed by atoms with Gasteiger partial charge in [0.25, 0.3) is 0 Å². The van der Waals surface area contributed by atoms with Crippen molar-refractivity contribution >= 4 is 21.6 Å². The minimum atomic E-state index is -3.52. The molecule has 0 bridgehead atoms. The molecule has 0 aliphatic carbocycles. The number of rotatable bonds is 11. The lowest BCUT2D eigenvalue weighted by Gasteiger charge is -2.22. The molecule has 0 saturated carbocycles. The van der Waals surface area contributed by atoms with Crippen LogP contribution in [-0.4, -0.2) is 40.8 Å². The fourth-order valence-corrected chi connectivity index (χ4v) is 3.95. The quantitative estimate of drug-likeness (QED) is 0.565. The maximum Gasteiger partial charge on any atom is 0.232 e. The van der Waals surface area contributed by atoms with E-state index < -0.39 is 15.8 Å². The molecule has 1 N–H and O–H groups in total. The summed E-state index contributed by atoms with van der Waals surface area (Å²) < 4.78 is 43.6. The highest BCUT2D eigenvalue weighted by atomic mass is 32.2. The Morgan fingerprint density at radius 1 is 1.10 bits per heavy atom. The number of para-hydroxylation sites is 1. The van der Waals surface area contributed by atoms with E-state index in [-0.39, 0.29) is 18.9 Å². The Hall–Kier alpha value is -2.61. The highest BCUT2D eigenvalue weighted by Crippen LogP contribution is 2.19. The van der Waals surface area contributed by atoms with Gasteiger partial charge in [-0.25, -0.2) is 12.8 Å². The molecule has 2 aromatic carbocycles. The van der Waals surface area contributed by atoms with Crippen LogP contribution in [0.25, 0.3) is 0 Å². The van der Waals surface area contributed by atoms with E-state index in [1.54, 1.807) is 7.11 Å². The van der Waals surface area contributed by atoms with Crippen molar-refractivity contribution in [3.63, 3.8) is 0 Å². The van der Waals surface area contributed by atoms with Gasteiger partial charge in [0.2, 0.25) is 15.9 Å². The number of carbonyl (C=O) groups is 1. The molecule has 158 valence electrons. The minimum Gasteiger partial charge on any atom is -0.496 e. The van der Waals surface area contributed by atoms with E-state index in [1.165, 1.54) is 28.6 Å². The lowest BCUT2D eigenvalue weighted by atomic mass is 10.1. The molecule has 0 radical (unpaired) electrons. The van der Waals surface area contributed by atoms with Crippen molar-refractivity contribution in [1.29, 1.82) is 0 Å². The summed E-state index contributed by atoms with van der Waals surface area (Å²) in [7, 11) is -1.89. The first-order valence-electron chi connectivity index (χ1n) is 9.43. The summed E-state index contributed by atoms with van der Waals surface area (Å²) in [5.74, 6) is 0.271. The molecular weight excluding hydrogens is 395 g/mol. The van der Waals surface area contributed by atoms with Gasteiger partial charge >= 0.3 is 0 Å². The summed E-state index contributed by atoms with van der Waals surface area (Å²) in [5.41, 5.74) is 1.47. The van der Waals surface area contributed by atoms with E-state index in [2.05, 4.69) is 5.32 Å². The zero-order valence-electron chi connectivity index (χ0n) is 16.7. The predicted molar refractivity (Wildman–Crippen MR) is 112 cm³/mol. The van der Waals surface area contributed by atoms with Gasteiger partial charge in [0.1, 0.15) is 11.6 Å². The number of nitrogens with zero attached hydrogens (tertiary/aromatic N) is 1. The third-order valence-corrected chi connectivity index (χ3v) is 5.61. The molecule has 2 aromatic rings. The zero-order valence-corrected chi connectivity index (χ0v) is 17.5. The van der Waals surface area contributed by atoms with E-state index in [0.29, 0.717) is 18.7 Å². The molecule has 29 heavy (non-hydrogen) atoms. The molecule has 0 saturated heterocycles. The number of hydrogen-bond acceptors (Lipinski definition) is 4. The lowest BCUT2D eigenvalue weighted by molar-refractivity contribution is -0.121. The molecule has 0 aromatic heterocycles. The second-order valence-corrected chi connectivity index (χ2v) is 8.59. The van der Waals surface area contributed by atoms with Crippen LogP contribution in [-0.2, 0) is 21.2 Å². The number of nitrogens with one attached hydrogen (secondary N) is 1. The number of methoxy groups -OCH3 is 1. The Balaban J connectivity index is 1.75. The van der Waals surface area contributed by atoms with Gasteiger partial charge < -0.3 is 10.1 Å². The molecule has 6 nitrogen and oxygen atoms in total. The van der Waals surface area contributed by atoms with Gasteiger partial charge in [-0.3, -0.25) is 9.10 Å². The summed E-state index contributed by atoms with van der Waals surface area (Å²) in [6.07, 6.45) is 3.23. The smallest absolute Gasteiger partial charge is 0.232 e. The molecule has 0 aliphatic heterocycles. The molecule has 0 heterocycles. The number of sulfonamides is 1. The molecule has 0 unspecified atom stereocenters. The Kier molecular flexibility index (Phi) is 8.45. The summed E-state index contributed by atoms with van der Waals surface area (Å²) in [6, 6.07) is 13.0. The van der Waals surface area contributed by atoms with E-state index >= 15 is 0 Å². The average Bonchev–Trinajstić information content (AvgIpc) is 2.69. The maximum absolute atomic E-state index is 13.1. The minimum absolute atomic E-state index is 0.127. The molecule has 8 heteroatoms. The normalized spacial score (nSPS) is 11.1. The summed E-state index contributed by atoms with van der Waals surface area (Å²) in [6.45, 7) is 0.684. The van der Waals surface area contributed by atoms with Crippen LogP contribution in [0.2, 0.25) is 0 Å². The van der Waals surface area contributed by atoms with Crippen LogP contribution in [0.1, 0.15) is 24.8 Å². The molecule has 1 amide bonds. The Bertz CT molecular complexity index is 901. The van der Waals surface area contributed by atoms with Gasteiger partial charge in [0.15, 0.2) is 0 Å². The Morgan fingerprint density at radius 3 is 2.45 bits per heavy atom. The zero-order chi connectivity index (χ0) is 21.3. The SMILES string of the molecule is COc1ccccc1CCCNC(=O)CCCN(c1ccc(F)cc1)S(C)(=O)=O. The number of aryl methyl sites for hydroxylation is 1. The van der Waals surface area contributed by atoms with Crippen LogP contribution in [0.4, 0.5) is 10.1 Å². The van der Waals surface area contributed by atoms with E-state index in [4.69, 9.17) is 4.74 Å². The van der Waals surface area contributed by atoms with Crippen molar-refractivity contribution in [2.24, 2.45) is 0 Å². The second-order valence-electron chi connectivity index (χ2n) is 6.68. The molecule has 0 fully saturated rings. The fraction of sp³-hybridized carbons (Fsp3) is 0.381. The monoisotopic (exact) mass is 422 g/mol. The van der Waals surface area contributed by atoms with Crippen molar-refractivity contribution in [3.05, 3.63) is 59.9 Å². The van der Waals surface area contributed by atoms with Crippen LogP contribution in [0.3, 0.4) is 0 Å². The number of ether oxygens (including phenoxy) is 1. The summed E-state index contributed by atoms with van der Waals surface area (Å²) in [5, 5.41) is 2.85. The molecule has 0 spiro atoms. The topological polar surface area (TPSA) is 75.7 Å². The van der Waals surface area contributed by atoms with Gasteiger partial charge in [-0.2, -0.15) is 0 Å². The summed E-state index contributed by atoms with van der Waals surface area (Å²) in [4.78, 5) is 12.0. The van der Waals surface area contributed by atoms with Crippen LogP contribution in [0, 0.1) is 5.82 Å².